The number of fused-ring (bicyclic) bond motifs is 1. The number of alkyl halides is 3. The molecule has 0 spiro atoms. The Bertz CT molecular complexity index is 1480. The molecular weight excluding hydrogens is 567 g/mol. The minimum absolute atomic E-state index is 0.0501. The summed E-state index contributed by atoms with van der Waals surface area (Å²) in [7, 11) is 0. The number of hydrogen-bond acceptors (Lipinski definition) is 6. The standard InChI is InChI=1S/C28H23ClF3N3O6/c29-21-7-2-18(28(30,31)32)11-22(21)34-25(36)14-39-20-5-3-19(4-6-20)35-13-17(10-26(35)37)27(38)33-12-16-1-8-23-24(9-16)41-15-40-23/h1-9,11,17H,10,12-15H2,(H,33,38)(H,34,36)/t17-/m0/s1. The van der Waals surface area contributed by atoms with Crippen LogP contribution in [-0.2, 0) is 27.1 Å². The summed E-state index contributed by atoms with van der Waals surface area (Å²) in [5.41, 5.74) is 0.252. The Labute approximate surface area is 237 Å². The smallest absolute Gasteiger partial charge is 0.416 e. The second-order valence-corrected chi connectivity index (χ2v) is 9.74. The maximum absolute atomic E-state index is 12.9. The lowest BCUT2D eigenvalue weighted by atomic mass is 10.1. The molecule has 3 aromatic rings. The number of hydrogen-bond donors (Lipinski definition) is 2. The summed E-state index contributed by atoms with van der Waals surface area (Å²) >= 11 is 5.90. The van der Waals surface area contributed by atoms with Crippen LogP contribution < -0.4 is 29.7 Å². The molecule has 0 unspecified atom stereocenters. The van der Waals surface area contributed by atoms with Gasteiger partial charge in [0.25, 0.3) is 5.91 Å². The van der Waals surface area contributed by atoms with E-state index in [9.17, 15) is 27.6 Å². The summed E-state index contributed by atoms with van der Waals surface area (Å²) in [4.78, 5) is 39.1. The quantitative estimate of drug-likeness (QED) is 0.392. The van der Waals surface area contributed by atoms with Crippen molar-refractivity contribution in [2.45, 2.75) is 19.1 Å². The van der Waals surface area contributed by atoms with Gasteiger partial charge in [0.15, 0.2) is 18.1 Å². The molecule has 5 rings (SSSR count). The highest BCUT2D eigenvalue weighted by Crippen LogP contribution is 2.34. The highest BCUT2D eigenvalue weighted by Gasteiger charge is 2.35. The first kappa shape index (κ1) is 28.1. The molecule has 1 fully saturated rings. The number of nitrogens with one attached hydrogen (secondary N) is 2. The molecule has 2 heterocycles. The Kier molecular flexibility index (Phi) is 7.93. The predicted octanol–water partition coefficient (Wildman–Crippen LogP) is 4.77. The first-order chi connectivity index (χ1) is 19.6. The van der Waals surface area contributed by atoms with E-state index in [1.165, 1.54) is 4.90 Å². The molecule has 9 nitrogen and oxygen atoms in total. The molecule has 1 atom stereocenters. The molecular formula is C28H23ClF3N3O6. The van der Waals surface area contributed by atoms with Gasteiger partial charge in [0.2, 0.25) is 18.6 Å². The largest absolute Gasteiger partial charge is 0.484 e. The third kappa shape index (κ3) is 6.65. The zero-order valence-electron chi connectivity index (χ0n) is 21.3. The fraction of sp³-hybridized carbons (Fsp3) is 0.250. The van der Waals surface area contributed by atoms with E-state index < -0.39 is 30.2 Å². The van der Waals surface area contributed by atoms with Crippen molar-refractivity contribution in [1.82, 2.24) is 5.32 Å². The average molecular weight is 590 g/mol. The highest BCUT2D eigenvalue weighted by molar-refractivity contribution is 6.33. The number of anilines is 2. The molecule has 0 aromatic heterocycles. The highest BCUT2D eigenvalue weighted by atomic mass is 35.5. The van der Waals surface area contributed by atoms with Crippen LogP contribution in [0.1, 0.15) is 17.5 Å². The van der Waals surface area contributed by atoms with E-state index in [-0.39, 0.29) is 48.8 Å². The van der Waals surface area contributed by atoms with Crippen LogP contribution in [0.4, 0.5) is 24.5 Å². The maximum atomic E-state index is 12.9. The van der Waals surface area contributed by atoms with Crippen molar-refractivity contribution in [3.63, 3.8) is 0 Å². The molecule has 0 saturated carbocycles. The van der Waals surface area contributed by atoms with E-state index in [2.05, 4.69) is 10.6 Å². The van der Waals surface area contributed by atoms with Crippen molar-refractivity contribution < 1.29 is 41.8 Å². The Hall–Kier alpha value is -4.45. The minimum atomic E-state index is -4.59. The first-order valence-electron chi connectivity index (χ1n) is 12.4. The SMILES string of the molecule is O=C(COc1ccc(N2C[C@@H](C(=O)NCc3ccc4c(c3)OCO4)CC2=O)cc1)Nc1cc(C(F)(F)F)ccc1Cl. The number of halogens is 4. The molecule has 13 heteroatoms. The van der Waals surface area contributed by atoms with E-state index in [1.54, 1.807) is 36.4 Å². The van der Waals surface area contributed by atoms with Crippen LogP contribution in [0.2, 0.25) is 5.02 Å². The van der Waals surface area contributed by atoms with Crippen molar-refractivity contribution >= 4 is 40.7 Å². The molecule has 2 N–H and O–H groups in total. The van der Waals surface area contributed by atoms with Gasteiger partial charge in [0, 0.05) is 25.2 Å². The molecule has 1 saturated heterocycles. The average Bonchev–Trinajstić information content (AvgIpc) is 3.57. The Morgan fingerprint density at radius 3 is 2.54 bits per heavy atom. The molecule has 3 aromatic carbocycles. The van der Waals surface area contributed by atoms with E-state index >= 15 is 0 Å². The van der Waals surface area contributed by atoms with Gasteiger partial charge in [0.1, 0.15) is 5.75 Å². The molecule has 0 bridgehead atoms. The number of carbonyl (C=O) groups excluding carboxylic acids is 3. The third-order valence-corrected chi connectivity index (χ3v) is 6.82. The number of benzene rings is 3. The third-order valence-electron chi connectivity index (χ3n) is 6.49. The van der Waals surface area contributed by atoms with E-state index in [4.69, 9.17) is 25.8 Å². The lowest BCUT2D eigenvalue weighted by Crippen LogP contribution is -2.32. The summed E-state index contributed by atoms with van der Waals surface area (Å²) in [6.45, 7) is 0.151. The van der Waals surface area contributed by atoms with Gasteiger partial charge >= 0.3 is 6.18 Å². The molecule has 0 radical (unpaired) electrons. The fourth-order valence-corrected chi connectivity index (χ4v) is 4.54. The molecule has 2 aliphatic heterocycles. The topological polar surface area (TPSA) is 106 Å². The van der Waals surface area contributed by atoms with Gasteiger partial charge in [-0.25, -0.2) is 0 Å². The van der Waals surface area contributed by atoms with Gasteiger partial charge in [0.05, 0.1) is 22.2 Å². The van der Waals surface area contributed by atoms with Crippen LogP contribution in [0, 0.1) is 5.92 Å². The van der Waals surface area contributed by atoms with Crippen molar-refractivity contribution in [3.8, 4) is 17.2 Å². The van der Waals surface area contributed by atoms with Crippen LogP contribution in [0.5, 0.6) is 17.2 Å². The molecule has 214 valence electrons. The zero-order chi connectivity index (χ0) is 29.1. The Balaban J connectivity index is 1.11. The summed E-state index contributed by atoms with van der Waals surface area (Å²) < 4.78 is 54.9. The second kappa shape index (κ2) is 11.6. The lowest BCUT2D eigenvalue weighted by Gasteiger charge is -2.17. The first-order valence-corrected chi connectivity index (χ1v) is 12.8. The van der Waals surface area contributed by atoms with Gasteiger partial charge in [-0.15, -0.1) is 0 Å². The van der Waals surface area contributed by atoms with Crippen LogP contribution in [0.3, 0.4) is 0 Å². The molecule has 2 aliphatic rings. The van der Waals surface area contributed by atoms with Crippen LogP contribution in [0.25, 0.3) is 0 Å². The number of rotatable bonds is 8. The summed E-state index contributed by atoms with van der Waals surface area (Å²) in [5, 5.41) is 5.11. The van der Waals surface area contributed by atoms with Gasteiger partial charge in [-0.05, 0) is 60.2 Å². The number of carbonyl (C=O) groups is 3. The minimum Gasteiger partial charge on any atom is -0.484 e. The monoisotopic (exact) mass is 589 g/mol. The second-order valence-electron chi connectivity index (χ2n) is 9.33. The summed E-state index contributed by atoms with van der Waals surface area (Å²) in [6, 6.07) is 14.3. The van der Waals surface area contributed by atoms with Gasteiger partial charge in [-0.3, -0.25) is 14.4 Å². The van der Waals surface area contributed by atoms with Crippen LogP contribution in [0.15, 0.2) is 60.7 Å². The van der Waals surface area contributed by atoms with Crippen molar-refractivity contribution in [2.24, 2.45) is 5.92 Å². The Morgan fingerprint density at radius 1 is 1.02 bits per heavy atom. The van der Waals surface area contributed by atoms with Gasteiger partial charge < -0.3 is 29.7 Å². The summed E-state index contributed by atoms with van der Waals surface area (Å²) in [5.74, 6) is -0.129. The summed E-state index contributed by atoms with van der Waals surface area (Å²) in [6.07, 6.45) is -4.53. The Morgan fingerprint density at radius 2 is 1.78 bits per heavy atom. The van der Waals surface area contributed by atoms with Crippen molar-refractivity contribution in [2.75, 3.05) is 30.2 Å². The predicted molar refractivity (Wildman–Crippen MR) is 142 cm³/mol. The lowest BCUT2D eigenvalue weighted by molar-refractivity contribution is -0.137. The molecule has 41 heavy (non-hydrogen) atoms. The van der Waals surface area contributed by atoms with Gasteiger partial charge in [-0.2, -0.15) is 13.2 Å². The van der Waals surface area contributed by atoms with Crippen LogP contribution in [-0.4, -0.2) is 37.7 Å². The fourth-order valence-electron chi connectivity index (χ4n) is 4.37. The molecule has 3 amide bonds. The van der Waals surface area contributed by atoms with Gasteiger partial charge in [-0.1, -0.05) is 17.7 Å². The number of amides is 3. The zero-order valence-corrected chi connectivity index (χ0v) is 22.1. The number of nitrogens with zero attached hydrogens (tertiary/aromatic N) is 1. The van der Waals surface area contributed by atoms with Crippen molar-refractivity contribution in [1.29, 1.82) is 0 Å². The maximum Gasteiger partial charge on any atom is 0.416 e. The molecule has 0 aliphatic carbocycles. The van der Waals surface area contributed by atoms with Crippen LogP contribution >= 0.6 is 11.6 Å². The van der Waals surface area contributed by atoms with E-state index in [0.717, 1.165) is 23.8 Å². The van der Waals surface area contributed by atoms with Crippen molar-refractivity contribution in [3.05, 3.63) is 76.8 Å². The van der Waals surface area contributed by atoms with E-state index in [1.807, 2.05) is 6.07 Å². The van der Waals surface area contributed by atoms with E-state index in [0.29, 0.717) is 22.9 Å². The number of ether oxygens (including phenoxy) is 3. The normalized spacial score (nSPS) is 16.0.